The number of ether oxygens (including phenoxy) is 1. The van der Waals surface area contributed by atoms with Crippen LogP contribution < -0.4 is 9.64 Å². The largest absolute Gasteiger partial charge is 0.496 e. The first-order valence-electron chi connectivity index (χ1n) is 9.31. The number of methoxy groups -OCH3 is 1. The Balaban J connectivity index is 1.89. The van der Waals surface area contributed by atoms with E-state index in [1.165, 1.54) is 0 Å². The lowest BCUT2D eigenvalue weighted by Crippen LogP contribution is -2.30. The van der Waals surface area contributed by atoms with Gasteiger partial charge in [0.05, 0.1) is 20.3 Å². The first kappa shape index (κ1) is 20.8. The number of benzene rings is 2. The fourth-order valence-electron chi connectivity index (χ4n) is 3.20. The molecule has 29 heavy (non-hydrogen) atoms. The number of carbonyl (C=O) groups excluding carboxylic acids is 1. The van der Waals surface area contributed by atoms with Crippen LogP contribution in [0.15, 0.2) is 54.2 Å². The van der Waals surface area contributed by atoms with Crippen LogP contribution in [0.2, 0.25) is 0 Å². The Morgan fingerprint density at radius 3 is 2.59 bits per heavy atom. The van der Waals surface area contributed by atoms with E-state index in [1.54, 1.807) is 30.0 Å². The Morgan fingerprint density at radius 1 is 1.21 bits per heavy atom. The average molecular weight is 412 g/mol. The first-order valence-corrected chi connectivity index (χ1v) is 9.72. The highest BCUT2D eigenvalue weighted by atomic mass is 32.1. The molecule has 1 heterocycles. The molecule has 0 radical (unpaired) electrons. The van der Waals surface area contributed by atoms with Crippen molar-refractivity contribution in [3.05, 3.63) is 65.4 Å². The fourth-order valence-corrected chi connectivity index (χ4v) is 3.45. The molecular weight excluding hydrogens is 386 g/mol. The molecule has 1 amide bonds. The summed E-state index contributed by atoms with van der Waals surface area (Å²) in [5.41, 5.74) is 3.23. The predicted octanol–water partition coefficient (Wildman–Crippen LogP) is 2.72. The highest BCUT2D eigenvalue weighted by molar-refractivity contribution is 7.80. The number of aliphatic hydroxyl groups is 1. The molecule has 0 atom stereocenters. The highest BCUT2D eigenvalue weighted by Gasteiger charge is 2.35. The van der Waals surface area contributed by atoms with Crippen molar-refractivity contribution in [2.75, 3.05) is 39.3 Å². The van der Waals surface area contributed by atoms with Crippen molar-refractivity contribution < 1.29 is 14.6 Å². The van der Waals surface area contributed by atoms with E-state index in [0.717, 1.165) is 16.8 Å². The smallest absolute Gasteiger partial charge is 0.277 e. The Morgan fingerprint density at radius 2 is 1.93 bits per heavy atom. The predicted molar refractivity (Wildman–Crippen MR) is 119 cm³/mol. The summed E-state index contributed by atoms with van der Waals surface area (Å²) in [6.07, 6.45) is 1.80. The summed E-state index contributed by atoms with van der Waals surface area (Å²) in [4.78, 5) is 18.3. The number of amides is 1. The number of carbonyl (C=O) groups is 1. The van der Waals surface area contributed by atoms with Gasteiger partial charge in [0.2, 0.25) is 0 Å². The van der Waals surface area contributed by atoms with Crippen molar-refractivity contribution in [2.24, 2.45) is 0 Å². The Hall–Kier alpha value is -2.90. The molecule has 0 unspecified atom stereocenters. The lowest BCUT2D eigenvalue weighted by Gasteiger charge is -2.19. The molecule has 1 fully saturated rings. The Bertz CT molecular complexity index is 930. The molecule has 1 saturated heterocycles. The van der Waals surface area contributed by atoms with Gasteiger partial charge in [0.15, 0.2) is 5.11 Å². The molecule has 0 bridgehead atoms. The van der Waals surface area contributed by atoms with E-state index < -0.39 is 0 Å². The summed E-state index contributed by atoms with van der Waals surface area (Å²) in [6, 6.07) is 15.5. The van der Waals surface area contributed by atoms with Gasteiger partial charge in [-0.05, 0) is 36.0 Å². The van der Waals surface area contributed by atoms with E-state index >= 15 is 0 Å². The van der Waals surface area contributed by atoms with Crippen LogP contribution in [0.3, 0.4) is 0 Å². The van der Waals surface area contributed by atoms with Crippen LogP contribution in [-0.4, -0.2) is 60.3 Å². The number of hydrogen-bond donors (Lipinski definition) is 1. The van der Waals surface area contributed by atoms with Gasteiger partial charge in [-0.15, -0.1) is 0 Å². The monoisotopic (exact) mass is 411 g/mol. The lowest BCUT2D eigenvalue weighted by molar-refractivity contribution is -0.122. The summed E-state index contributed by atoms with van der Waals surface area (Å²) in [5.74, 6) is 0.512. The van der Waals surface area contributed by atoms with Crippen LogP contribution >= 0.6 is 12.2 Å². The summed E-state index contributed by atoms with van der Waals surface area (Å²) in [6.45, 7) is 1.02. The number of nitrogens with zero attached hydrogens (tertiary/aromatic N) is 3. The maximum atomic E-state index is 13.0. The molecular formula is C22H25N3O3S. The van der Waals surface area contributed by atoms with Crippen molar-refractivity contribution in [1.82, 2.24) is 9.80 Å². The van der Waals surface area contributed by atoms with E-state index in [4.69, 9.17) is 22.1 Å². The molecule has 1 aliphatic rings. The van der Waals surface area contributed by atoms with Gasteiger partial charge in [-0.25, -0.2) is 0 Å². The van der Waals surface area contributed by atoms with Gasteiger partial charge in [-0.1, -0.05) is 30.3 Å². The molecule has 6 nitrogen and oxygen atoms in total. The summed E-state index contributed by atoms with van der Waals surface area (Å²) < 4.78 is 5.53. The molecule has 152 valence electrons. The third-order valence-corrected chi connectivity index (χ3v) is 5.41. The van der Waals surface area contributed by atoms with Crippen molar-refractivity contribution >= 4 is 35.0 Å². The van der Waals surface area contributed by atoms with Gasteiger partial charge in [0.1, 0.15) is 11.4 Å². The normalized spacial score (nSPS) is 15.4. The number of thiocarbonyl (C=S) groups is 1. The zero-order chi connectivity index (χ0) is 21.0. The van der Waals surface area contributed by atoms with E-state index in [9.17, 15) is 4.79 Å². The standard InChI is InChI=1S/C22H25N3O3S/c1-23(11-12-26)18-10-9-17(20(14-18)28-3)13-19-21(27)25(22(29)24(19)2)15-16-7-5-4-6-8-16/h4-10,13-14,26H,11-12,15H2,1-3H3. The molecule has 2 aromatic rings. The minimum Gasteiger partial charge on any atom is -0.496 e. The summed E-state index contributed by atoms with van der Waals surface area (Å²) in [5, 5.41) is 9.62. The first-order chi connectivity index (χ1) is 14.0. The van der Waals surface area contributed by atoms with Gasteiger partial charge in [0.25, 0.3) is 5.91 Å². The number of aliphatic hydroxyl groups excluding tert-OH is 1. The second-order valence-corrected chi connectivity index (χ2v) is 7.18. The molecule has 3 rings (SSSR count). The second kappa shape index (κ2) is 9.07. The van der Waals surface area contributed by atoms with Crippen molar-refractivity contribution in [1.29, 1.82) is 0 Å². The minimum absolute atomic E-state index is 0.0681. The molecule has 1 aliphatic heterocycles. The molecule has 2 aromatic carbocycles. The molecule has 7 heteroatoms. The van der Waals surface area contributed by atoms with Gasteiger partial charge >= 0.3 is 0 Å². The Kier molecular flexibility index (Phi) is 6.51. The summed E-state index contributed by atoms with van der Waals surface area (Å²) in [7, 11) is 5.30. The van der Waals surface area contributed by atoms with Crippen LogP contribution in [0.5, 0.6) is 5.75 Å². The number of likely N-dealkylation sites (N-methyl/N-ethyl adjacent to an activating group) is 2. The van der Waals surface area contributed by atoms with E-state index in [2.05, 4.69) is 0 Å². The van der Waals surface area contributed by atoms with Crippen molar-refractivity contribution in [2.45, 2.75) is 6.54 Å². The van der Waals surface area contributed by atoms with E-state index in [0.29, 0.717) is 29.6 Å². The van der Waals surface area contributed by atoms with E-state index in [-0.39, 0.29) is 12.5 Å². The van der Waals surface area contributed by atoms with E-state index in [1.807, 2.05) is 60.5 Å². The van der Waals surface area contributed by atoms with Gasteiger partial charge in [-0.2, -0.15) is 0 Å². The topological polar surface area (TPSA) is 56.3 Å². The van der Waals surface area contributed by atoms with Crippen LogP contribution in [0.4, 0.5) is 5.69 Å². The molecule has 1 N–H and O–H groups in total. The van der Waals surface area contributed by atoms with Gasteiger partial charge in [-0.3, -0.25) is 9.69 Å². The maximum absolute atomic E-state index is 13.0. The number of rotatable bonds is 7. The third-order valence-electron chi connectivity index (χ3n) is 4.91. The van der Waals surface area contributed by atoms with Crippen LogP contribution in [-0.2, 0) is 11.3 Å². The zero-order valence-electron chi connectivity index (χ0n) is 16.8. The molecule has 0 aliphatic carbocycles. The third kappa shape index (κ3) is 4.41. The zero-order valence-corrected chi connectivity index (χ0v) is 17.6. The summed E-state index contributed by atoms with van der Waals surface area (Å²) >= 11 is 5.51. The van der Waals surface area contributed by atoms with Crippen LogP contribution in [0.1, 0.15) is 11.1 Å². The average Bonchev–Trinajstić information content (AvgIpc) is 2.93. The van der Waals surface area contributed by atoms with Crippen molar-refractivity contribution in [3.63, 3.8) is 0 Å². The van der Waals surface area contributed by atoms with Gasteiger partial charge in [0, 0.05) is 38.0 Å². The highest BCUT2D eigenvalue weighted by Crippen LogP contribution is 2.30. The number of hydrogen-bond acceptors (Lipinski definition) is 5. The maximum Gasteiger partial charge on any atom is 0.277 e. The van der Waals surface area contributed by atoms with Crippen LogP contribution in [0.25, 0.3) is 6.08 Å². The SMILES string of the molecule is COc1cc(N(C)CCO)ccc1C=C1C(=O)N(Cc2ccccc2)C(=S)N1C. The van der Waals surface area contributed by atoms with Gasteiger partial charge < -0.3 is 19.6 Å². The van der Waals surface area contributed by atoms with Crippen molar-refractivity contribution in [3.8, 4) is 5.75 Å². The quantitative estimate of drug-likeness (QED) is 0.559. The van der Waals surface area contributed by atoms with Crippen LogP contribution in [0, 0.1) is 0 Å². The molecule has 0 aromatic heterocycles. The fraction of sp³-hybridized carbons (Fsp3) is 0.273. The lowest BCUT2D eigenvalue weighted by atomic mass is 10.1. The molecule has 0 saturated carbocycles. The number of anilines is 1. The minimum atomic E-state index is -0.134. The molecule has 0 spiro atoms. The second-order valence-electron chi connectivity index (χ2n) is 6.82. The Labute approximate surface area is 176 Å².